The first kappa shape index (κ1) is 24.5. The highest BCUT2D eigenvalue weighted by Crippen LogP contribution is 2.65. The van der Waals surface area contributed by atoms with E-state index in [4.69, 9.17) is 4.74 Å². The molecule has 1 aliphatic rings. The first-order valence-electron chi connectivity index (χ1n) is 12.4. The summed E-state index contributed by atoms with van der Waals surface area (Å²) >= 11 is 0. The average molecular weight is 462 g/mol. The van der Waals surface area contributed by atoms with Crippen LogP contribution in [0.2, 0.25) is 0 Å². The number of ether oxygens (including phenoxy) is 1. The zero-order valence-electron chi connectivity index (χ0n) is 21.7. The van der Waals surface area contributed by atoms with E-state index >= 15 is 0 Å². The van der Waals surface area contributed by atoms with Crippen LogP contribution in [0.25, 0.3) is 10.9 Å². The van der Waals surface area contributed by atoms with Crippen molar-refractivity contribution >= 4 is 16.7 Å². The summed E-state index contributed by atoms with van der Waals surface area (Å²) in [5, 5.41) is 11.5. The highest BCUT2D eigenvalue weighted by atomic mass is 16.5. The number of nitrogens with zero attached hydrogens (tertiary/aromatic N) is 1. The molecule has 0 radical (unpaired) electrons. The number of hydrogen-bond acceptors (Lipinski definition) is 3. The van der Waals surface area contributed by atoms with Gasteiger partial charge in [0.2, 0.25) is 0 Å². The van der Waals surface area contributed by atoms with Gasteiger partial charge in [-0.2, -0.15) is 0 Å². The quantitative estimate of drug-likeness (QED) is 0.435. The Morgan fingerprint density at radius 3 is 2.29 bits per heavy atom. The summed E-state index contributed by atoms with van der Waals surface area (Å²) in [6.45, 7) is 13.6. The molecule has 1 heterocycles. The second kappa shape index (κ2) is 8.57. The lowest BCUT2D eigenvalue weighted by atomic mass is 9.81. The molecule has 0 aliphatic heterocycles. The van der Waals surface area contributed by atoms with E-state index in [0.29, 0.717) is 13.0 Å². The fourth-order valence-electron chi connectivity index (χ4n) is 5.55. The zero-order valence-corrected chi connectivity index (χ0v) is 21.7. The number of aromatic nitrogens is 1. The molecule has 1 aromatic heterocycles. The normalized spacial score (nSPS) is 20.4. The molecule has 1 unspecified atom stereocenters. The molecule has 0 amide bonds. The first-order valence-corrected chi connectivity index (χ1v) is 12.4. The Labute approximate surface area is 203 Å². The smallest absolute Gasteiger partial charge is 0.148 e. The highest BCUT2D eigenvalue weighted by molar-refractivity contribution is 5.97. The summed E-state index contributed by atoms with van der Waals surface area (Å²) in [6.07, 6.45) is 1.63. The van der Waals surface area contributed by atoms with Gasteiger partial charge in [-0.25, -0.2) is 0 Å². The monoisotopic (exact) mass is 461 g/mol. The number of aliphatic hydroxyl groups is 1. The Hall–Kier alpha value is -2.59. The van der Waals surface area contributed by atoms with Crippen molar-refractivity contribution in [2.24, 2.45) is 5.41 Å². The van der Waals surface area contributed by atoms with Crippen molar-refractivity contribution in [1.29, 1.82) is 0 Å². The van der Waals surface area contributed by atoms with Crippen molar-refractivity contribution < 1.29 is 14.6 Å². The Morgan fingerprint density at radius 1 is 1.12 bits per heavy atom. The third-order valence-corrected chi connectivity index (χ3v) is 7.76. The number of hydrogen-bond donors (Lipinski definition) is 1. The SMILES string of the molecule is CC[C@H](O)Cn1c(C(C)(C)C)cc2cc(CC(=O)C3(c4ccc(OC)cc4)CC3(C)C)ccc21. The van der Waals surface area contributed by atoms with Gasteiger partial charge < -0.3 is 14.4 Å². The van der Waals surface area contributed by atoms with Gasteiger partial charge >= 0.3 is 0 Å². The Bertz CT molecular complexity index is 1200. The van der Waals surface area contributed by atoms with Crippen LogP contribution in [0, 0.1) is 5.41 Å². The lowest BCUT2D eigenvalue weighted by molar-refractivity contribution is -0.121. The number of methoxy groups -OCH3 is 1. The molecule has 1 N–H and O–H groups in total. The topological polar surface area (TPSA) is 51.5 Å². The van der Waals surface area contributed by atoms with E-state index in [9.17, 15) is 9.90 Å². The molecule has 2 aromatic carbocycles. The number of carbonyl (C=O) groups is 1. The molecule has 1 saturated carbocycles. The van der Waals surface area contributed by atoms with Gasteiger partial charge in [-0.05, 0) is 59.7 Å². The molecule has 2 atom stereocenters. The maximum Gasteiger partial charge on any atom is 0.148 e. The average Bonchev–Trinajstić information content (AvgIpc) is 3.20. The molecule has 4 rings (SSSR count). The van der Waals surface area contributed by atoms with Gasteiger partial charge in [0.05, 0.1) is 18.6 Å². The van der Waals surface area contributed by atoms with Crippen LogP contribution in [0.15, 0.2) is 48.5 Å². The molecule has 1 aliphatic carbocycles. The van der Waals surface area contributed by atoms with Crippen LogP contribution in [0.4, 0.5) is 0 Å². The number of aliphatic hydroxyl groups excluding tert-OH is 1. The second-order valence-corrected chi connectivity index (χ2v) is 11.6. The third-order valence-electron chi connectivity index (χ3n) is 7.76. The lowest BCUT2D eigenvalue weighted by Crippen LogP contribution is -2.27. The fourth-order valence-corrected chi connectivity index (χ4v) is 5.55. The van der Waals surface area contributed by atoms with E-state index in [1.807, 2.05) is 31.2 Å². The van der Waals surface area contributed by atoms with Gasteiger partial charge in [-0.15, -0.1) is 0 Å². The first-order chi connectivity index (χ1) is 15.9. The van der Waals surface area contributed by atoms with Crippen LogP contribution >= 0.6 is 0 Å². The van der Waals surface area contributed by atoms with Crippen molar-refractivity contribution in [3.8, 4) is 5.75 Å². The van der Waals surface area contributed by atoms with E-state index < -0.39 is 5.41 Å². The molecular weight excluding hydrogens is 422 g/mol. The highest BCUT2D eigenvalue weighted by Gasteiger charge is 2.66. The second-order valence-electron chi connectivity index (χ2n) is 11.6. The van der Waals surface area contributed by atoms with Crippen LogP contribution in [-0.4, -0.2) is 28.7 Å². The van der Waals surface area contributed by atoms with Gasteiger partial charge in [0.1, 0.15) is 11.5 Å². The molecule has 0 spiro atoms. The zero-order chi connectivity index (χ0) is 24.9. The molecule has 0 bridgehead atoms. The molecule has 34 heavy (non-hydrogen) atoms. The van der Waals surface area contributed by atoms with E-state index in [0.717, 1.165) is 40.6 Å². The molecule has 4 nitrogen and oxygen atoms in total. The summed E-state index contributed by atoms with van der Waals surface area (Å²) in [5.74, 6) is 1.08. The van der Waals surface area contributed by atoms with Crippen LogP contribution in [0.1, 0.15) is 71.2 Å². The predicted octanol–water partition coefficient (Wildman–Crippen LogP) is 6.20. The summed E-state index contributed by atoms with van der Waals surface area (Å²) in [4.78, 5) is 13.7. The molecular formula is C30H39NO3. The predicted molar refractivity (Wildman–Crippen MR) is 139 cm³/mol. The third kappa shape index (κ3) is 4.17. The maximum atomic E-state index is 13.7. The number of benzene rings is 2. The fraction of sp³-hybridized carbons (Fsp3) is 0.500. The number of Topliss-reactive ketones (excluding diaryl/α,β-unsaturated/α-hetero) is 1. The molecule has 1 fully saturated rings. The van der Waals surface area contributed by atoms with Crippen molar-refractivity contribution in [2.75, 3.05) is 7.11 Å². The minimum absolute atomic E-state index is 0.0427. The van der Waals surface area contributed by atoms with Gasteiger partial charge in [0.15, 0.2) is 0 Å². The maximum absolute atomic E-state index is 13.7. The van der Waals surface area contributed by atoms with Crippen molar-refractivity contribution in [2.45, 2.75) is 84.3 Å². The largest absolute Gasteiger partial charge is 0.497 e. The Morgan fingerprint density at radius 2 is 1.76 bits per heavy atom. The van der Waals surface area contributed by atoms with Gasteiger partial charge in [-0.1, -0.05) is 59.7 Å². The van der Waals surface area contributed by atoms with E-state index in [1.54, 1.807) is 7.11 Å². The Kier molecular flexibility index (Phi) is 6.18. The summed E-state index contributed by atoms with van der Waals surface area (Å²) < 4.78 is 7.56. The Balaban J connectivity index is 1.67. The summed E-state index contributed by atoms with van der Waals surface area (Å²) in [6, 6.07) is 16.6. The summed E-state index contributed by atoms with van der Waals surface area (Å²) in [5.41, 5.74) is 3.91. The van der Waals surface area contributed by atoms with E-state index in [2.05, 4.69) is 63.5 Å². The van der Waals surface area contributed by atoms with Crippen LogP contribution in [0.5, 0.6) is 5.75 Å². The van der Waals surface area contributed by atoms with Gasteiger partial charge in [0, 0.05) is 35.0 Å². The minimum atomic E-state index is -0.442. The minimum Gasteiger partial charge on any atom is -0.497 e. The number of carbonyl (C=O) groups excluding carboxylic acids is 1. The van der Waals surface area contributed by atoms with Crippen molar-refractivity contribution in [3.05, 3.63) is 65.4 Å². The van der Waals surface area contributed by atoms with Crippen LogP contribution < -0.4 is 4.74 Å². The number of rotatable bonds is 8. The molecule has 3 aromatic rings. The summed E-state index contributed by atoms with van der Waals surface area (Å²) in [7, 11) is 1.66. The standard InChI is InChI=1S/C30H39NO3/c1-8-23(32)18-31-25-14-9-20(15-21(25)17-26(31)28(2,3)4)16-27(33)30(19-29(30,5)6)22-10-12-24(34-7)13-11-22/h9-15,17,23,32H,8,16,18-19H2,1-7H3/t23-,30?/m0/s1. The van der Waals surface area contributed by atoms with E-state index in [1.165, 1.54) is 5.69 Å². The lowest BCUT2D eigenvalue weighted by Gasteiger charge is -2.23. The van der Waals surface area contributed by atoms with E-state index in [-0.39, 0.29) is 22.7 Å². The number of ketones is 1. The molecule has 0 saturated heterocycles. The number of fused-ring (bicyclic) bond motifs is 1. The van der Waals surface area contributed by atoms with Crippen LogP contribution in [-0.2, 0) is 28.6 Å². The molecule has 4 heteroatoms. The molecule has 182 valence electrons. The van der Waals surface area contributed by atoms with Gasteiger partial charge in [-0.3, -0.25) is 4.79 Å². The van der Waals surface area contributed by atoms with Crippen molar-refractivity contribution in [3.63, 3.8) is 0 Å². The van der Waals surface area contributed by atoms with Crippen LogP contribution in [0.3, 0.4) is 0 Å². The van der Waals surface area contributed by atoms with Gasteiger partial charge in [0.25, 0.3) is 0 Å². The van der Waals surface area contributed by atoms with Crippen molar-refractivity contribution in [1.82, 2.24) is 4.57 Å².